The van der Waals surface area contributed by atoms with Crippen LogP contribution in [0.3, 0.4) is 0 Å². The van der Waals surface area contributed by atoms with Crippen molar-refractivity contribution in [3.63, 3.8) is 0 Å². The molecule has 0 aliphatic carbocycles. The third-order valence-electron chi connectivity index (χ3n) is 1.21. The number of hydrogen-bond acceptors (Lipinski definition) is 1. The summed E-state index contributed by atoms with van der Waals surface area (Å²) in [4.78, 5) is 0. The summed E-state index contributed by atoms with van der Waals surface area (Å²) in [5.41, 5.74) is 0.819. The molecule has 0 bridgehead atoms. The Hall–Kier alpha value is -0.530. The van der Waals surface area contributed by atoms with E-state index in [9.17, 15) is 5.21 Å². The first kappa shape index (κ1) is 8.47. The lowest BCUT2D eigenvalue weighted by molar-refractivity contribution is 0.207. The first-order valence-corrected chi connectivity index (χ1v) is 3.53. The van der Waals surface area contributed by atoms with Gasteiger partial charge in [-0.1, -0.05) is 26.7 Å². The Morgan fingerprint density at radius 2 is 1.67 bits per heavy atom. The van der Waals surface area contributed by atoms with Crippen LogP contribution in [0.4, 0.5) is 0 Å². The molecule has 0 spiro atoms. The Bertz CT molecular complexity index is 80.9. The zero-order chi connectivity index (χ0) is 7.11. The first-order valence-electron chi connectivity index (χ1n) is 3.53. The fraction of sp³-hybridized carbons (Fsp3) is 0.857. The molecule has 0 rings (SSSR count). The Kier molecular flexibility index (Phi) is 5.27. The monoisotopic (exact) mass is 128 g/mol. The van der Waals surface area contributed by atoms with Crippen molar-refractivity contribution in [3.8, 4) is 0 Å². The minimum absolute atomic E-state index is 0.819. The number of hydrogen-bond donors (Lipinski definition) is 0. The predicted molar refractivity (Wildman–Crippen MR) is 37.9 cm³/mol. The molecule has 2 nitrogen and oxygen atoms in total. The highest BCUT2D eigenvalue weighted by atomic mass is 16.4. The number of nitrogens with zero attached hydrogens (tertiary/aromatic N) is 1. The third-order valence-corrected chi connectivity index (χ3v) is 1.21. The summed E-state index contributed by atoms with van der Waals surface area (Å²) in [6, 6.07) is 0. The quantitative estimate of drug-likeness (QED) is 0.411. The minimum atomic E-state index is 0.819. The van der Waals surface area contributed by atoms with Crippen LogP contribution in [0.5, 0.6) is 0 Å². The molecule has 0 unspecified atom stereocenters. The second-order valence-electron chi connectivity index (χ2n) is 2.16. The maximum atomic E-state index is 10.00. The summed E-state index contributed by atoms with van der Waals surface area (Å²) in [6.45, 7) is 4.11. The molecule has 0 fully saturated rings. The van der Waals surface area contributed by atoms with Crippen molar-refractivity contribution in [2.75, 3.05) is 0 Å². The lowest BCUT2D eigenvalue weighted by Gasteiger charge is -1.95. The van der Waals surface area contributed by atoms with E-state index in [1.807, 2.05) is 0 Å². The molecule has 0 atom stereocenters. The van der Waals surface area contributed by atoms with Crippen LogP contribution in [0, 0.1) is 0 Å². The van der Waals surface area contributed by atoms with Gasteiger partial charge in [-0.15, -0.1) is 5.21 Å². The van der Waals surface area contributed by atoms with Crippen LogP contribution < -0.4 is 0 Å². The molecule has 0 aromatic carbocycles. The van der Waals surface area contributed by atoms with Gasteiger partial charge in [-0.3, -0.25) is 0 Å². The average Bonchev–Trinajstić information content (AvgIpc) is 1.88. The fourth-order valence-corrected chi connectivity index (χ4v) is 0.793. The van der Waals surface area contributed by atoms with E-state index >= 15 is 0 Å². The lowest BCUT2D eigenvalue weighted by Crippen LogP contribution is -1.95. The molecule has 53 valence electrons. The van der Waals surface area contributed by atoms with E-state index in [-0.39, 0.29) is 0 Å². The highest BCUT2D eigenvalue weighted by Gasteiger charge is 1.95. The Morgan fingerprint density at radius 3 is 1.89 bits per heavy atom. The van der Waals surface area contributed by atoms with Crippen molar-refractivity contribution in [2.24, 2.45) is 5.16 Å². The molecule has 0 amide bonds. The van der Waals surface area contributed by atoms with Crippen LogP contribution in [-0.4, -0.2) is 5.71 Å². The fourth-order valence-electron chi connectivity index (χ4n) is 0.793. The van der Waals surface area contributed by atoms with Gasteiger partial charge in [-0.2, -0.15) is 0 Å². The number of rotatable bonds is 4. The normalized spacial score (nSPS) is 9.11. The van der Waals surface area contributed by atoms with E-state index in [1.54, 1.807) is 0 Å². The summed E-state index contributed by atoms with van der Waals surface area (Å²) < 4.78 is 0. The molecule has 0 saturated carbocycles. The molecule has 1 radical (unpaired) electrons. The molecule has 0 heterocycles. The minimum Gasteiger partial charge on any atom is -0.145 e. The molecule has 0 N–H and O–H groups in total. The van der Waals surface area contributed by atoms with Gasteiger partial charge in [0.2, 0.25) is 0 Å². The molecule has 0 saturated heterocycles. The highest BCUT2D eigenvalue weighted by molar-refractivity contribution is 5.83. The summed E-state index contributed by atoms with van der Waals surface area (Å²) in [5, 5.41) is 12.9. The van der Waals surface area contributed by atoms with Crippen molar-refractivity contribution < 1.29 is 5.21 Å². The molecule has 0 aromatic heterocycles. The van der Waals surface area contributed by atoms with Crippen molar-refractivity contribution in [1.82, 2.24) is 0 Å². The van der Waals surface area contributed by atoms with Crippen LogP contribution in [0.25, 0.3) is 0 Å². The van der Waals surface area contributed by atoms with Gasteiger partial charge in [0.15, 0.2) is 0 Å². The van der Waals surface area contributed by atoms with Gasteiger partial charge in [0.1, 0.15) is 0 Å². The molecule has 2 heteroatoms. The van der Waals surface area contributed by atoms with E-state index in [4.69, 9.17) is 0 Å². The smallest absolute Gasteiger partial charge is 0.0623 e. The second kappa shape index (κ2) is 5.60. The topological polar surface area (TPSA) is 32.3 Å². The van der Waals surface area contributed by atoms with Crippen molar-refractivity contribution >= 4 is 5.71 Å². The third kappa shape index (κ3) is 4.01. The van der Waals surface area contributed by atoms with Gasteiger partial charge in [-0.25, -0.2) is 0 Å². The van der Waals surface area contributed by atoms with Crippen LogP contribution in [0.2, 0.25) is 0 Å². The first-order chi connectivity index (χ1) is 4.35. The summed E-state index contributed by atoms with van der Waals surface area (Å²) in [7, 11) is 0. The highest BCUT2D eigenvalue weighted by Crippen LogP contribution is 1.99. The maximum absolute atomic E-state index is 10.00. The van der Waals surface area contributed by atoms with Crippen LogP contribution in [0.15, 0.2) is 5.16 Å². The van der Waals surface area contributed by atoms with Crippen molar-refractivity contribution in [3.05, 3.63) is 0 Å². The lowest BCUT2D eigenvalue weighted by atomic mass is 10.1. The van der Waals surface area contributed by atoms with E-state index in [2.05, 4.69) is 19.0 Å². The van der Waals surface area contributed by atoms with Gasteiger partial charge in [0.05, 0.1) is 5.71 Å². The SMILES string of the molecule is CCCC(CCC)=N[O]. The van der Waals surface area contributed by atoms with E-state index in [1.165, 1.54) is 0 Å². The van der Waals surface area contributed by atoms with Crippen molar-refractivity contribution in [2.45, 2.75) is 39.5 Å². The zero-order valence-electron chi connectivity index (χ0n) is 6.18. The van der Waals surface area contributed by atoms with Crippen LogP contribution >= 0.6 is 0 Å². The standard InChI is InChI=1S/C7H14NO/c1-3-5-7(8-9)6-4-2/h3-6H2,1-2H3. The Labute approximate surface area is 56.6 Å². The summed E-state index contributed by atoms with van der Waals surface area (Å²) in [5.74, 6) is 0. The largest absolute Gasteiger partial charge is 0.145 e. The van der Waals surface area contributed by atoms with E-state index < -0.39 is 0 Å². The molecule has 9 heavy (non-hydrogen) atoms. The maximum Gasteiger partial charge on any atom is 0.0623 e. The zero-order valence-corrected chi connectivity index (χ0v) is 6.18. The van der Waals surface area contributed by atoms with Gasteiger partial charge < -0.3 is 0 Å². The molecule has 0 aromatic rings. The van der Waals surface area contributed by atoms with E-state index in [0.717, 1.165) is 31.4 Å². The average molecular weight is 128 g/mol. The molecule has 0 aliphatic heterocycles. The van der Waals surface area contributed by atoms with Gasteiger partial charge in [-0.05, 0) is 18.0 Å². The molecular formula is C7H14NO. The van der Waals surface area contributed by atoms with Gasteiger partial charge in [0, 0.05) is 0 Å². The van der Waals surface area contributed by atoms with Gasteiger partial charge in [0.25, 0.3) is 0 Å². The van der Waals surface area contributed by atoms with Crippen molar-refractivity contribution in [1.29, 1.82) is 0 Å². The molecule has 0 aliphatic rings. The predicted octanol–water partition coefficient (Wildman–Crippen LogP) is 2.37. The van der Waals surface area contributed by atoms with Crippen LogP contribution in [0.1, 0.15) is 39.5 Å². The Balaban J connectivity index is 3.43. The van der Waals surface area contributed by atoms with Gasteiger partial charge >= 0.3 is 0 Å². The van der Waals surface area contributed by atoms with Crippen LogP contribution in [-0.2, 0) is 5.21 Å². The summed E-state index contributed by atoms with van der Waals surface area (Å²) in [6.07, 6.45) is 3.80. The van der Waals surface area contributed by atoms with E-state index in [0.29, 0.717) is 0 Å². The molecular weight excluding hydrogens is 114 g/mol. The summed E-state index contributed by atoms with van der Waals surface area (Å²) >= 11 is 0. The second-order valence-corrected chi connectivity index (χ2v) is 2.16. The Morgan fingerprint density at radius 1 is 1.22 bits per heavy atom.